The molecule has 2 heterocycles. The minimum Gasteiger partial charge on any atom is -0.378 e. The summed E-state index contributed by atoms with van der Waals surface area (Å²) in [7, 11) is 5.72. The number of carbonyl (C=O) groups excluding carboxylic acids is 1. The van der Waals surface area contributed by atoms with E-state index in [1.165, 1.54) is 5.56 Å². The second-order valence-corrected chi connectivity index (χ2v) is 6.82. The second-order valence-electron chi connectivity index (χ2n) is 6.82. The molecule has 1 aliphatic carbocycles. The van der Waals surface area contributed by atoms with E-state index < -0.39 is 0 Å². The number of ether oxygens (including phenoxy) is 1. The summed E-state index contributed by atoms with van der Waals surface area (Å²) in [5, 5.41) is 0. The normalized spacial score (nSPS) is 19.5. The predicted molar refractivity (Wildman–Crippen MR) is 88.6 cm³/mol. The number of amides is 1. The van der Waals surface area contributed by atoms with Crippen molar-refractivity contribution in [3.05, 3.63) is 17.6 Å². The van der Waals surface area contributed by atoms with Crippen LogP contribution in [0.5, 0.6) is 0 Å². The molecule has 1 amide bonds. The van der Waals surface area contributed by atoms with Crippen LogP contribution in [0, 0.1) is 0 Å². The lowest BCUT2D eigenvalue weighted by Gasteiger charge is -2.41. The van der Waals surface area contributed by atoms with Crippen LogP contribution >= 0.6 is 0 Å². The summed E-state index contributed by atoms with van der Waals surface area (Å²) in [5.41, 5.74) is 2.05. The Kier molecular flexibility index (Phi) is 4.53. The molecule has 3 rings (SSSR count). The molecule has 1 aromatic heterocycles. The summed E-state index contributed by atoms with van der Waals surface area (Å²) in [4.78, 5) is 25.5. The van der Waals surface area contributed by atoms with Crippen molar-refractivity contribution in [3.8, 4) is 0 Å². The van der Waals surface area contributed by atoms with Crippen molar-refractivity contribution in [1.29, 1.82) is 0 Å². The van der Waals surface area contributed by atoms with E-state index >= 15 is 0 Å². The third-order valence-electron chi connectivity index (χ3n) is 5.21. The van der Waals surface area contributed by atoms with Crippen LogP contribution in [0.2, 0.25) is 0 Å². The van der Waals surface area contributed by atoms with Gasteiger partial charge in [-0.2, -0.15) is 0 Å². The van der Waals surface area contributed by atoms with Crippen LogP contribution in [-0.2, 0) is 22.4 Å². The van der Waals surface area contributed by atoms with Gasteiger partial charge in [-0.15, -0.1) is 0 Å². The van der Waals surface area contributed by atoms with Crippen LogP contribution in [0.25, 0.3) is 0 Å². The number of anilines is 1. The third kappa shape index (κ3) is 3.17. The first-order valence-corrected chi connectivity index (χ1v) is 8.38. The Morgan fingerprint density at radius 3 is 2.65 bits per heavy atom. The fourth-order valence-electron chi connectivity index (χ4n) is 3.56. The van der Waals surface area contributed by atoms with E-state index in [2.05, 4.69) is 9.97 Å². The van der Waals surface area contributed by atoms with Crippen LogP contribution < -0.4 is 4.90 Å². The lowest BCUT2D eigenvalue weighted by Crippen LogP contribution is -2.45. The van der Waals surface area contributed by atoms with Crippen molar-refractivity contribution >= 4 is 11.7 Å². The van der Waals surface area contributed by atoms with Gasteiger partial charge in [0.05, 0.1) is 17.7 Å². The number of aromatic nitrogens is 2. The Hall–Kier alpha value is -1.69. The molecule has 126 valence electrons. The van der Waals surface area contributed by atoms with E-state index in [1.54, 1.807) is 13.4 Å². The molecule has 0 radical (unpaired) electrons. The maximum Gasteiger partial charge on any atom is 0.225 e. The van der Waals surface area contributed by atoms with Gasteiger partial charge in [0.15, 0.2) is 0 Å². The van der Waals surface area contributed by atoms with E-state index in [4.69, 9.17) is 4.74 Å². The minimum absolute atomic E-state index is 0.204. The number of methoxy groups -OCH3 is 1. The fourth-order valence-corrected chi connectivity index (χ4v) is 3.56. The van der Waals surface area contributed by atoms with Crippen LogP contribution in [0.3, 0.4) is 0 Å². The van der Waals surface area contributed by atoms with Gasteiger partial charge in [0.25, 0.3) is 0 Å². The Balaban J connectivity index is 1.70. The molecule has 1 aromatic rings. The van der Waals surface area contributed by atoms with E-state index in [-0.39, 0.29) is 11.5 Å². The lowest BCUT2D eigenvalue weighted by atomic mass is 9.77. The van der Waals surface area contributed by atoms with Crippen molar-refractivity contribution in [2.24, 2.45) is 0 Å². The molecule has 6 nitrogen and oxygen atoms in total. The highest BCUT2D eigenvalue weighted by Gasteiger charge is 2.40. The van der Waals surface area contributed by atoms with E-state index in [9.17, 15) is 4.79 Å². The van der Waals surface area contributed by atoms with Gasteiger partial charge < -0.3 is 14.5 Å². The van der Waals surface area contributed by atoms with Crippen molar-refractivity contribution in [2.45, 2.75) is 44.1 Å². The molecule has 1 aliphatic heterocycles. The Morgan fingerprint density at radius 2 is 2.04 bits per heavy atom. The maximum atomic E-state index is 12.7. The summed E-state index contributed by atoms with van der Waals surface area (Å²) in [6.45, 7) is 1.47. The van der Waals surface area contributed by atoms with E-state index in [1.807, 2.05) is 23.9 Å². The number of fused-ring (bicyclic) bond motifs is 1. The van der Waals surface area contributed by atoms with Gasteiger partial charge in [0.2, 0.25) is 5.91 Å². The zero-order valence-corrected chi connectivity index (χ0v) is 14.3. The predicted octanol–water partition coefficient (Wildman–Crippen LogP) is 1.43. The van der Waals surface area contributed by atoms with Crippen LogP contribution in [0.1, 0.15) is 36.9 Å². The molecule has 0 bridgehead atoms. The molecule has 1 saturated carbocycles. The largest absolute Gasteiger partial charge is 0.378 e. The topological polar surface area (TPSA) is 58.6 Å². The van der Waals surface area contributed by atoms with Gasteiger partial charge in [0.1, 0.15) is 12.1 Å². The number of rotatable bonds is 4. The lowest BCUT2D eigenvalue weighted by molar-refractivity contribution is -0.144. The number of hydrogen-bond donors (Lipinski definition) is 0. The quantitative estimate of drug-likeness (QED) is 0.840. The number of carbonyl (C=O) groups is 1. The maximum absolute atomic E-state index is 12.7. The zero-order valence-electron chi connectivity index (χ0n) is 14.3. The molecule has 0 spiro atoms. The van der Waals surface area contributed by atoms with Gasteiger partial charge in [0, 0.05) is 46.3 Å². The van der Waals surface area contributed by atoms with Crippen LogP contribution in [-0.4, -0.2) is 60.7 Å². The molecule has 1 fully saturated rings. The molecule has 23 heavy (non-hydrogen) atoms. The number of hydrogen-bond acceptors (Lipinski definition) is 5. The monoisotopic (exact) mass is 318 g/mol. The summed E-state index contributed by atoms with van der Waals surface area (Å²) >= 11 is 0. The first-order chi connectivity index (χ1) is 11.0. The van der Waals surface area contributed by atoms with Gasteiger partial charge in [-0.3, -0.25) is 4.79 Å². The highest BCUT2D eigenvalue weighted by atomic mass is 16.5. The van der Waals surface area contributed by atoms with Crippen LogP contribution in [0.15, 0.2) is 6.33 Å². The highest BCUT2D eigenvalue weighted by molar-refractivity contribution is 5.77. The SMILES string of the molecule is COC1(CC(=O)N2CCc3ncnc(N(C)C)c3CC2)CCC1. The standard InChI is InChI=1S/C17H26N4O2/c1-20(2)16-13-5-9-21(10-6-14(13)18-12-19-16)15(22)11-17(23-3)7-4-8-17/h12H,4-11H2,1-3H3. The molecular weight excluding hydrogens is 292 g/mol. The van der Waals surface area contributed by atoms with Gasteiger partial charge in [-0.25, -0.2) is 9.97 Å². The molecule has 0 unspecified atom stereocenters. The van der Waals surface area contributed by atoms with Gasteiger partial charge in [-0.1, -0.05) is 0 Å². The molecular formula is C17H26N4O2. The summed E-state index contributed by atoms with van der Waals surface area (Å²) in [6.07, 6.45) is 6.90. The minimum atomic E-state index is -0.204. The fraction of sp³-hybridized carbons (Fsp3) is 0.706. The van der Waals surface area contributed by atoms with Crippen molar-refractivity contribution < 1.29 is 9.53 Å². The zero-order chi connectivity index (χ0) is 16.4. The van der Waals surface area contributed by atoms with Crippen molar-refractivity contribution in [1.82, 2.24) is 14.9 Å². The second kappa shape index (κ2) is 6.43. The molecule has 2 aliphatic rings. The summed E-state index contributed by atoms with van der Waals surface area (Å²) in [6, 6.07) is 0. The van der Waals surface area contributed by atoms with Crippen LogP contribution in [0.4, 0.5) is 5.82 Å². The molecule has 0 aromatic carbocycles. The smallest absolute Gasteiger partial charge is 0.225 e. The average Bonchev–Trinajstić information content (AvgIpc) is 2.73. The first-order valence-electron chi connectivity index (χ1n) is 8.38. The third-order valence-corrected chi connectivity index (χ3v) is 5.21. The van der Waals surface area contributed by atoms with E-state index in [0.29, 0.717) is 6.42 Å². The van der Waals surface area contributed by atoms with Crippen molar-refractivity contribution in [3.63, 3.8) is 0 Å². The highest BCUT2D eigenvalue weighted by Crippen LogP contribution is 2.38. The van der Waals surface area contributed by atoms with Gasteiger partial charge in [-0.05, 0) is 25.7 Å². The summed E-state index contributed by atoms with van der Waals surface area (Å²) < 4.78 is 5.60. The Bertz CT molecular complexity index is 578. The average molecular weight is 318 g/mol. The van der Waals surface area contributed by atoms with E-state index in [0.717, 1.165) is 56.7 Å². The molecule has 0 N–H and O–H groups in total. The number of nitrogens with zero attached hydrogens (tertiary/aromatic N) is 4. The first kappa shape index (κ1) is 16.2. The molecule has 0 atom stereocenters. The Labute approximate surface area is 137 Å². The van der Waals surface area contributed by atoms with Crippen molar-refractivity contribution in [2.75, 3.05) is 39.2 Å². The molecule has 6 heteroatoms. The Morgan fingerprint density at radius 1 is 1.30 bits per heavy atom. The van der Waals surface area contributed by atoms with Gasteiger partial charge >= 0.3 is 0 Å². The summed E-state index contributed by atoms with van der Waals surface area (Å²) in [5.74, 6) is 1.18. The molecule has 0 saturated heterocycles.